The van der Waals surface area contributed by atoms with Crippen molar-refractivity contribution in [1.29, 1.82) is 0 Å². The van der Waals surface area contributed by atoms with Crippen LogP contribution in [0.2, 0.25) is 0 Å². The van der Waals surface area contributed by atoms with Gasteiger partial charge in [0.2, 0.25) is 5.91 Å². The maximum atomic E-state index is 13.1. The topological polar surface area (TPSA) is 55.1 Å². The van der Waals surface area contributed by atoms with Crippen molar-refractivity contribution in [3.8, 4) is 0 Å². The molecule has 3 aromatic carbocycles. The molecule has 0 bridgehead atoms. The molecule has 0 spiro atoms. The summed E-state index contributed by atoms with van der Waals surface area (Å²) < 4.78 is 0. The summed E-state index contributed by atoms with van der Waals surface area (Å²) in [7, 11) is 0. The lowest BCUT2D eigenvalue weighted by molar-refractivity contribution is -0.115. The Morgan fingerprint density at radius 1 is 0.962 bits per heavy atom. The first-order chi connectivity index (χ1) is 12.5. The molecule has 0 aliphatic rings. The zero-order chi connectivity index (χ0) is 18.5. The van der Waals surface area contributed by atoms with E-state index < -0.39 is 0 Å². The number of hydrogen-bond acceptors (Lipinski definition) is 3. The number of nitrogens with one attached hydrogen (secondary N) is 1. The van der Waals surface area contributed by atoms with Crippen molar-refractivity contribution in [2.75, 3.05) is 11.1 Å². The molecule has 3 aromatic rings. The van der Waals surface area contributed by atoms with Crippen molar-refractivity contribution in [1.82, 2.24) is 0 Å². The zero-order valence-corrected chi connectivity index (χ0v) is 15.7. The molecule has 4 heteroatoms. The molecule has 0 heterocycles. The Morgan fingerprint density at radius 2 is 1.73 bits per heavy atom. The molecule has 26 heavy (non-hydrogen) atoms. The van der Waals surface area contributed by atoms with Crippen LogP contribution in [0, 0.1) is 13.8 Å². The predicted molar refractivity (Wildman–Crippen MR) is 110 cm³/mol. The molecular formula is C22H22N2OS. The number of anilines is 2. The summed E-state index contributed by atoms with van der Waals surface area (Å²) in [5.74, 6) is -0.0458. The van der Waals surface area contributed by atoms with Crippen LogP contribution in [0.25, 0.3) is 0 Å². The average molecular weight is 362 g/mol. The normalized spacial score (nSPS) is 11.8. The van der Waals surface area contributed by atoms with E-state index in [0.717, 1.165) is 21.7 Å². The van der Waals surface area contributed by atoms with E-state index in [1.165, 1.54) is 17.3 Å². The molecule has 3 N–H and O–H groups in total. The lowest BCUT2D eigenvalue weighted by Gasteiger charge is -2.18. The lowest BCUT2D eigenvalue weighted by atomic mass is 10.1. The highest BCUT2D eigenvalue weighted by Crippen LogP contribution is 2.37. The van der Waals surface area contributed by atoms with Gasteiger partial charge < -0.3 is 11.1 Å². The number of amides is 1. The van der Waals surface area contributed by atoms with Gasteiger partial charge in [-0.25, -0.2) is 0 Å². The molecule has 132 valence electrons. The van der Waals surface area contributed by atoms with E-state index in [4.69, 9.17) is 5.73 Å². The molecule has 0 aromatic heterocycles. The predicted octanol–water partition coefficient (Wildman–Crippen LogP) is 5.36. The number of nitrogen functional groups attached to an aromatic ring is 1. The Bertz CT molecular complexity index is 909. The van der Waals surface area contributed by atoms with E-state index in [1.54, 1.807) is 0 Å². The first-order valence-electron chi connectivity index (χ1n) is 8.48. The Balaban J connectivity index is 1.88. The largest absolute Gasteiger partial charge is 0.399 e. The van der Waals surface area contributed by atoms with E-state index in [9.17, 15) is 4.79 Å². The van der Waals surface area contributed by atoms with Gasteiger partial charge in [-0.15, -0.1) is 11.8 Å². The standard InChI is InChI=1S/C22H22N2OS/c1-15-11-12-20(16(2)13-15)24-22(25)21(17-7-4-3-5-8-17)26-19-10-6-9-18(23)14-19/h3-14,21H,23H2,1-2H3,(H,24,25). The minimum atomic E-state index is -0.362. The zero-order valence-electron chi connectivity index (χ0n) is 14.9. The Morgan fingerprint density at radius 3 is 2.42 bits per heavy atom. The average Bonchev–Trinajstić information content (AvgIpc) is 2.63. The number of benzene rings is 3. The quantitative estimate of drug-likeness (QED) is 0.475. The van der Waals surface area contributed by atoms with E-state index in [0.29, 0.717) is 5.69 Å². The summed E-state index contributed by atoms with van der Waals surface area (Å²) in [6.07, 6.45) is 0. The molecule has 3 rings (SSSR count). The molecule has 1 unspecified atom stereocenters. The van der Waals surface area contributed by atoms with Gasteiger partial charge in [-0.2, -0.15) is 0 Å². The second kappa shape index (κ2) is 8.11. The van der Waals surface area contributed by atoms with Crippen molar-refractivity contribution < 1.29 is 4.79 Å². The maximum Gasteiger partial charge on any atom is 0.242 e. The SMILES string of the molecule is Cc1ccc(NC(=O)C(Sc2cccc(N)c2)c2ccccc2)c(C)c1. The molecule has 0 fully saturated rings. The molecule has 0 aliphatic carbocycles. The summed E-state index contributed by atoms with van der Waals surface area (Å²) in [6.45, 7) is 4.05. The fourth-order valence-electron chi connectivity index (χ4n) is 2.78. The first kappa shape index (κ1) is 18.1. The number of aryl methyl sites for hydroxylation is 2. The van der Waals surface area contributed by atoms with Gasteiger partial charge in [0.05, 0.1) is 0 Å². The molecule has 1 amide bonds. The molecule has 0 aliphatic heterocycles. The highest BCUT2D eigenvalue weighted by atomic mass is 32.2. The summed E-state index contributed by atoms with van der Waals surface area (Å²) in [4.78, 5) is 14.0. The number of hydrogen-bond donors (Lipinski definition) is 2. The van der Waals surface area contributed by atoms with Crippen molar-refractivity contribution in [3.63, 3.8) is 0 Å². The van der Waals surface area contributed by atoms with Crippen LogP contribution in [0.15, 0.2) is 77.7 Å². The third-order valence-corrected chi connectivity index (χ3v) is 5.34. The molecular weight excluding hydrogens is 340 g/mol. The molecule has 0 saturated heterocycles. The Kier molecular flexibility index (Phi) is 5.64. The van der Waals surface area contributed by atoms with E-state index in [-0.39, 0.29) is 11.2 Å². The highest BCUT2D eigenvalue weighted by molar-refractivity contribution is 8.00. The van der Waals surface area contributed by atoms with Crippen LogP contribution in [-0.4, -0.2) is 5.91 Å². The van der Waals surface area contributed by atoms with Gasteiger partial charge in [-0.1, -0.05) is 54.1 Å². The van der Waals surface area contributed by atoms with Crippen LogP contribution >= 0.6 is 11.8 Å². The van der Waals surface area contributed by atoms with Gasteiger partial charge in [-0.3, -0.25) is 4.79 Å². The second-order valence-electron chi connectivity index (χ2n) is 6.29. The van der Waals surface area contributed by atoms with Crippen molar-refractivity contribution >= 4 is 29.0 Å². The molecule has 1 atom stereocenters. The van der Waals surface area contributed by atoms with Gasteiger partial charge >= 0.3 is 0 Å². The lowest BCUT2D eigenvalue weighted by Crippen LogP contribution is -2.19. The van der Waals surface area contributed by atoms with Crippen LogP contribution in [0.1, 0.15) is 21.9 Å². The first-order valence-corrected chi connectivity index (χ1v) is 9.36. The summed E-state index contributed by atoms with van der Waals surface area (Å²) in [5, 5.41) is 2.72. The number of carbonyl (C=O) groups excluding carboxylic acids is 1. The van der Waals surface area contributed by atoms with Gasteiger partial charge in [-0.05, 0) is 49.2 Å². The number of nitrogens with two attached hydrogens (primary N) is 1. The van der Waals surface area contributed by atoms with Crippen LogP contribution in [0.5, 0.6) is 0 Å². The minimum absolute atomic E-state index is 0.0458. The van der Waals surface area contributed by atoms with Gasteiger partial charge in [0, 0.05) is 16.3 Å². The molecule has 3 nitrogen and oxygen atoms in total. The summed E-state index contributed by atoms with van der Waals surface area (Å²) in [6, 6.07) is 23.5. The smallest absolute Gasteiger partial charge is 0.242 e. The van der Waals surface area contributed by atoms with E-state index in [2.05, 4.69) is 11.4 Å². The minimum Gasteiger partial charge on any atom is -0.399 e. The summed E-state index contributed by atoms with van der Waals surface area (Å²) >= 11 is 1.50. The Labute approximate surface area is 158 Å². The molecule has 0 radical (unpaired) electrons. The van der Waals surface area contributed by atoms with Crippen molar-refractivity contribution in [2.24, 2.45) is 0 Å². The molecule has 0 saturated carbocycles. The van der Waals surface area contributed by atoms with E-state index >= 15 is 0 Å². The van der Waals surface area contributed by atoms with Crippen molar-refractivity contribution in [2.45, 2.75) is 24.0 Å². The van der Waals surface area contributed by atoms with Crippen LogP contribution in [0.3, 0.4) is 0 Å². The van der Waals surface area contributed by atoms with Crippen molar-refractivity contribution in [3.05, 3.63) is 89.5 Å². The highest BCUT2D eigenvalue weighted by Gasteiger charge is 2.22. The second-order valence-corrected chi connectivity index (χ2v) is 7.47. The third-order valence-electron chi connectivity index (χ3n) is 4.09. The maximum absolute atomic E-state index is 13.1. The fraction of sp³-hybridized carbons (Fsp3) is 0.136. The van der Waals surface area contributed by atoms with Crippen LogP contribution in [0.4, 0.5) is 11.4 Å². The van der Waals surface area contributed by atoms with Crippen LogP contribution < -0.4 is 11.1 Å². The number of carbonyl (C=O) groups is 1. The van der Waals surface area contributed by atoms with Gasteiger partial charge in [0.1, 0.15) is 5.25 Å². The third kappa shape index (κ3) is 4.46. The monoisotopic (exact) mass is 362 g/mol. The number of thioether (sulfide) groups is 1. The van der Waals surface area contributed by atoms with Gasteiger partial charge in [0.25, 0.3) is 0 Å². The Hall–Kier alpha value is -2.72. The number of rotatable bonds is 5. The van der Waals surface area contributed by atoms with Crippen LogP contribution in [-0.2, 0) is 4.79 Å². The van der Waals surface area contributed by atoms with Gasteiger partial charge in [0.15, 0.2) is 0 Å². The fourth-order valence-corrected chi connectivity index (χ4v) is 3.87. The summed E-state index contributed by atoms with van der Waals surface area (Å²) in [5.41, 5.74) is 10.6. The van der Waals surface area contributed by atoms with E-state index in [1.807, 2.05) is 80.6 Å².